The Labute approximate surface area is 129 Å². The van der Waals surface area contributed by atoms with Crippen LogP contribution in [0, 0.1) is 6.92 Å². The van der Waals surface area contributed by atoms with E-state index in [9.17, 15) is 4.79 Å². The van der Waals surface area contributed by atoms with Crippen molar-refractivity contribution >= 4 is 17.2 Å². The van der Waals surface area contributed by atoms with E-state index in [1.165, 1.54) is 16.9 Å². The summed E-state index contributed by atoms with van der Waals surface area (Å²) < 4.78 is 0. The molecule has 1 aromatic heterocycles. The van der Waals surface area contributed by atoms with Gasteiger partial charge in [0.05, 0.1) is 5.01 Å². The van der Waals surface area contributed by atoms with Crippen molar-refractivity contribution in [3.05, 3.63) is 52.0 Å². The maximum atomic E-state index is 12.3. The fraction of sp³-hybridized carbons (Fsp3) is 0.375. The molecule has 1 aromatic carbocycles. The second-order valence-electron chi connectivity index (χ2n) is 5.31. The van der Waals surface area contributed by atoms with Crippen molar-refractivity contribution in [3.8, 4) is 0 Å². The van der Waals surface area contributed by atoms with E-state index in [2.05, 4.69) is 34.1 Å². The van der Waals surface area contributed by atoms with Crippen LogP contribution in [0.5, 0.6) is 0 Å². The summed E-state index contributed by atoms with van der Waals surface area (Å²) in [4.78, 5) is 20.9. The SMILES string of the molecule is Cc1nc(C(=O)N2CCN(Cc3ccccc3)CC2)cs1. The summed E-state index contributed by atoms with van der Waals surface area (Å²) in [5.74, 6) is 0.0683. The van der Waals surface area contributed by atoms with Crippen molar-refractivity contribution in [2.75, 3.05) is 26.2 Å². The second-order valence-corrected chi connectivity index (χ2v) is 6.37. The van der Waals surface area contributed by atoms with E-state index in [-0.39, 0.29) is 5.91 Å². The molecular weight excluding hydrogens is 282 g/mol. The smallest absolute Gasteiger partial charge is 0.273 e. The number of aromatic nitrogens is 1. The summed E-state index contributed by atoms with van der Waals surface area (Å²) in [6, 6.07) is 10.5. The zero-order chi connectivity index (χ0) is 14.7. The maximum absolute atomic E-state index is 12.3. The van der Waals surface area contributed by atoms with E-state index in [4.69, 9.17) is 0 Å². The van der Waals surface area contributed by atoms with Gasteiger partial charge in [-0.3, -0.25) is 9.69 Å². The van der Waals surface area contributed by atoms with Crippen LogP contribution in [0.2, 0.25) is 0 Å². The fourth-order valence-electron chi connectivity index (χ4n) is 2.57. The molecule has 0 radical (unpaired) electrons. The molecule has 0 spiro atoms. The molecule has 0 bridgehead atoms. The molecule has 2 aromatic rings. The molecule has 0 atom stereocenters. The number of hydrogen-bond acceptors (Lipinski definition) is 4. The Kier molecular flexibility index (Phi) is 4.31. The Hall–Kier alpha value is -1.72. The molecule has 0 saturated carbocycles. The van der Waals surface area contributed by atoms with Gasteiger partial charge in [-0.15, -0.1) is 11.3 Å². The number of aryl methyl sites for hydroxylation is 1. The number of thiazole rings is 1. The second kappa shape index (κ2) is 6.37. The van der Waals surface area contributed by atoms with Crippen LogP contribution < -0.4 is 0 Å². The van der Waals surface area contributed by atoms with Crippen LogP contribution in [-0.4, -0.2) is 46.9 Å². The third-order valence-corrected chi connectivity index (χ3v) is 4.52. The van der Waals surface area contributed by atoms with Crippen LogP contribution >= 0.6 is 11.3 Å². The molecule has 5 heteroatoms. The van der Waals surface area contributed by atoms with E-state index in [0.29, 0.717) is 5.69 Å². The molecule has 2 heterocycles. The van der Waals surface area contributed by atoms with Crippen LogP contribution in [0.3, 0.4) is 0 Å². The van der Waals surface area contributed by atoms with Crippen molar-refractivity contribution in [3.63, 3.8) is 0 Å². The molecule has 1 saturated heterocycles. The van der Waals surface area contributed by atoms with Crippen LogP contribution in [0.1, 0.15) is 21.1 Å². The first-order valence-corrected chi connectivity index (χ1v) is 8.08. The zero-order valence-electron chi connectivity index (χ0n) is 12.2. The summed E-state index contributed by atoms with van der Waals surface area (Å²) in [5.41, 5.74) is 1.92. The molecule has 110 valence electrons. The monoisotopic (exact) mass is 301 g/mol. The Morgan fingerprint density at radius 3 is 2.52 bits per heavy atom. The van der Waals surface area contributed by atoms with E-state index in [1.807, 2.05) is 23.3 Å². The average molecular weight is 301 g/mol. The lowest BCUT2D eigenvalue weighted by atomic mass is 10.2. The Bertz CT molecular complexity index is 603. The minimum Gasteiger partial charge on any atom is -0.335 e. The molecule has 3 rings (SSSR count). The number of nitrogens with zero attached hydrogens (tertiary/aromatic N) is 3. The van der Waals surface area contributed by atoms with E-state index < -0.39 is 0 Å². The van der Waals surface area contributed by atoms with Crippen LogP contribution in [-0.2, 0) is 6.54 Å². The Balaban J connectivity index is 1.54. The molecule has 0 aliphatic carbocycles. The minimum absolute atomic E-state index is 0.0683. The predicted molar refractivity (Wildman–Crippen MR) is 84.5 cm³/mol. The van der Waals surface area contributed by atoms with Gasteiger partial charge in [0.1, 0.15) is 5.69 Å². The van der Waals surface area contributed by atoms with Gasteiger partial charge in [0.2, 0.25) is 0 Å². The lowest BCUT2D eigenvalue weighted by Gasteiger charge is -2.34. The molecule has 4 nitrogen and oxygen atoms in total. The average Bonchev–Trinajstić information content (AvgIpc) is 2.95. The van der Waals surface area contributed by atoms with E-state index in [0.717, 1.165) is 37.7 Å². The summed E-state index contributed by atoms with van der Waals surface area (Å²) in [5, 5.41) is 2.80. The van der Waals surface area contributed by atoms with E-state index >= 15 is 0 Å². The van der Waals surface area contributed by atoms with Crippen molar-refractivity contribution in [1.82, 2.24) is 14.8 Å². The van der Waals surface area contributed by atoms with Gasteiger partial charge in [-0.2, -0.15) is 0 Å². The van der Waals surface area contributed by atoms with Crippen molar-refractivity contribution in [1.29, 1.82) is 0 Å². The number of amides is 1. The first-order chi connectivity index (χ1) is 10.2. The lowest BCUT2D eigenvalue weighted by molar-refractivity contribution is 0.0623. The molecule has 0 unspecified atom stereocenters. The number of hydrogen-bond donors (Lipinski definition) is 0. The summed E-state index contributed by atoms with van der Waals surface area (Å²) in [6.07, 6.45) is 0. The van der Waals surface area contributed by atoms with Gasteiger partial charge in [-0.25, -0.2) is 4.98 Å². The highest BCUT2D eigenvalue weighted by Gasteiger charge is 2.23. The van der Waals surface area contributed by atoms with Gasteiger partial charge in [0, 0.05) is 38.1 Å². The first-order valence-electron chi connectivity index (χ1n) is 7.20. The minimum atomic E-state index is 0.0683. The summed E-state index contributed by atoms with van der Waals surface area (Å²) in [6.45, 7) is 6.29. The number of rotatable bonds is 3. The van der Waals surface area contributed by atoms with Crippen LogP contribution in [0.4, 0.5) is 0 Å². The highest BCUT2D eigenvalue weighted by Crippen LogP contribution is 2.13. The zero-order valence-corrected chi connectivity index (χ0v) is 13.0. The van der Waals surface area contributed by atoms with Gasteiger partial charge < -0.3 is 4.90 Å². The van der Waals surface area contributed by atoms with Gasteiger partial charge >= 0.3 is 0 Å². The predicted octanol–water partition coefficient (Wildman–Crippen LogP) is 2.41. The molecular formula is C16H19N3OS. The Morgan fingerprint density at radius 1 is 1.19 bits per heavy atom. The van der Waals surface area contributed by atoms with Crippen LogP contribution in [0.15, 0.2) is 35.7 Å². The van der Waals surface area contributed by atoms with Gasteiger partial charge in [-0.05, 0) is 12.5 Å². The van der Waals surface area contributed by atoms with Gasteiger partial charge in [0.25, 0.3) is 5.91 Å². The molecule has 1 aliphatic rings. The number of carbonyl (C=O) groups excluding carboxylic acids is 1. The number of piperazine rings is 1. The third kappa shape index (κ3) is 3.49. The molecule has 21 heavy (non-hydrogen) atoms. The first kappa shape index (κ1) is 14.2. The topological polar surface area (TPSA) is 36.4 Å². The number of benzene rings is 1. The van der Waals surface area contributed by atoms with Crippen molar-refractivity contribution in [2.24, 2.45) is 0 Å². The number of carbonyl (C=O) groups is 1. The van der Waals surface area contributed by atoms with Crippen LogP contribution in [0.25, 0.3) is 0 Å². The lowest BCUT2D eigenvalue weighted by Crippen LogP contribution is -2.48. The molecule has 1 amide bonds. The maximum Gasteiger partial charge on any atom is 0.273 e. The third-order valence-electron chi connectivity index (χ3n) is 3.75. The molecule has 1 fully saturated rings. The van der Waals surface area contributed by atoms with Crippen molar-refractivity contribution < 1.29 is 4.79 Å². The van der Waals surface area contributed by atoms with Crippen molar-refractivity contribution in [2.45, 2.75) is 13.5 Å². The standard InChI is InChI=1S/C16H19N3OS/c1-13-17-15(12-21-13)16(20)19-9-7-18(8-10-19)11-14-5-3-2-4-6-14/h2-6,12H,7-11H2,1H3. The highest BCUT2D eigenvalue weighted by atomic mass is 32.1. The highest BCUT2D eigenvalue weighted by molar-refractivity contribution is 7.09. The largest absolute Gasteiger partial charge is 0.335 e. The van der Waals surface area contributed by atoms with Gasteiger partial charge in [0.15, 0.2) is 0 Å². The Morgan fingerprint density at radius 2 is 1.90 bits per heavy atom. The summed E-state index contributed by atoms with van der Waals surface area (Å²) in [7, 11) is 0. The van der Waals surface area contributed by atoms with E-state index in [1.54, 1.807) is 0 Å². The summed E-state index contributed by atoms with van der Waals surface area (Å²) >= 11 is 1.53. The fourth-order valence-corrected chi connectivity index (χ4v) is 3.16. The molecule has 1 aliphatic heterocycles. The molecule has 0 N–H and O–H groups in total. The quantitative estimate of drug-likeness (QED) is 0.873. The van der Waals surface area contributed by atoms with Gasteiger partial charge in [-0.1, -0.05) is 30.3 Å². The normalized spacial score (nSPS) is 16.1.